The fourth-order valence-electron chi connectivity index (χ4n) is 6.59. The van der Waals surface area contributed by atoms with E-state index in [9.17, 15) is 24.3 Å². The van der Waals surface area contributed by atoms with E-state index in [2.05, 4.69) is 34.4 Å². The number of para-hydroxylation sites is 1. The molecule has 3 aliphatic rings. The van der Waals surface area contributed by atoms with E-state index in [4.69, 9.17) is 21.1 Å². The lowest BCUT2D eigenvalue weighted by atomic mass is 9.70. The maximum absolute atomic E-state index is 14.6. The number of alkyl halides is 1. The first-order valence-corrected chi connectivity index (χ1v) is 15.8. The van der Waals surface area contributed by atoms with Crippen LogP contribution in [0.3, 0.4) is 0 Å². The average Bonchev–Trinajstić information content (AvgIpc) is 3.56. The Balaban J connectivity index is 1.65. The number of hydrogen-bond acceptors (Lipinski definition) is 7. The highest BCUT2D eigenvalue weighted by molar-refractivity contribution is 9.09. The van der Waals surface area contributed by atoms with Crippen molar-refractivity contribution in [3.63, 3.8) is 0 Å². The number of hydrogen-bond donors (Lipinski definition) is 2. The molecule has 3 fully saturated rings. The van der Waals surface area contributed by atoms with E-state index < -0.39 is 53.5 Å². The highest BCUT2D eigenvalue weighted by Gasteiger charge is 2.77. The highest BCUT2D eigenvalue weighted by atomic mass is 79.9. The summed E-state index contributed by atoms with van der Waals surface area (Å²) in [5.41, 5.74) is -0.0283. The number of halogens is 2. The minimum atomic E-state index is -1.30. The van der Waals surface area contributed by atoms with Gasteiger partial charge in [-0.3, -0.25) is 19.2 Å². The molecule has 2 bridgehead atoms. The van der Waals surface area contributed by atoms with Crippen LogP contribution in [0.1, 0.15) is 38.2 Å². The topological polar surface area (TPSA) is 125 Å². The second-order valence-electron chi connectivity index (χ2n) is 11.3. The van der Waals surface area contributed by atoms with Gasteiger partial charge >= 0.3 is 5.97 Å². The minimum absolute atomic E-state index is 0.101. The first kappa shape index (κ1) is 33.2. The molecule has 2 N–H and O–H groups in total. The Morgan fingerprint density at radius 1 is 1.35 bits per heavy atom. The van der Waals surface area contributed by atoms with Gasteiger partial charge in [-0.05, 0) is 44.7 Å². The third-order valence-electron chi connectivity index (χ3n) is 8.37. The van der Waals surface area contributed by atoms with Crippen LogP contribution in [0.15, 0.2) is 43.5 Å². The number of benzene rings is 1. The first-order chi connectivity index (χ1) is 20.5. The summed E-state index contributed by atoms with van der Waals surface area (Å²) in [4.78, 5) is 57.0. The van der Waals surface area contributed by atoms with Crippen LogP contribution in [-0.4, -0.2) is 88.6 Å². The summed E-state index contributed by atoms with van der Waals surface area (Å²) >= 11 is 10.2. The summed E-state index contributed by atoms with van der Waals surface area (Å²) in [6, 6.07) is 4.26. The van der Waals surface area contributed by atoms with Gasteiger partial charge in [0.25, 0.3) is 5.91 Å². The molecule has 1 aromatic carbocycles. The number of nitrogens with one attached hydrogen (secondary N) is 1. The summed E-state index contributed by atoms with van der Waals surface area (Å²) in [5, 5.41) is 12.7. The fourth-order valence-corrected chi connectivity index (χ4v) is 7.86. The number of anilines is 1. The van der Waals surface area contributed by atoms with Crippen LogP contribution in [0.25, 0.3) is 0 Å². The molecule has 12 heteroatoms. The zero-order valence-electron chi connectivity index (χ0n) is 24.5. The predicted octanol–water partition coefficient (Wildman–Crippen LogP) is 3.31. The van der Waals surface area contributed by atoms with Crippen molar-refractivity contribution in [2.24, 2.45) is 11.8 Å². The molecule has 1 unspecified atom stereocenters. The highest BCUT2D eigenvalue weighted by Crippen LogP contribution is 2.60. The van der Waals surface area contributed by atoms with Gasteiger partial charge in [-0.2, -0.15) is 0 Å². The molecule has 3 saturated heterocycles. The molecule has 3 heterocycles. The molecule has 3 amide bonds. The Hall–Kier alpha value is -2.73. The largest absolute Gasteiger partial charge is 0.460 e. The molecule has 0 aliphatic carbocycles. The maximum atomic E-state index is 14.6. The van der Waals surface area contributed by atoms with Crippen molar-refractivity contribution in [3.8, 4) is 0 Å². The van der Waals surface area contributed by atoms with Crippen molar-refractivity contribution in [1.82, 2.24) is 10.2 Å². The van der Waals surface area contributed by atoms with Crippen molar-refractivity contribution in [2.45, 2.75) is 68.2 Å². The van der Waals surface area contributed by atoms with Crippen LogP contribution in [0, 0.1) is 18.8 Å². The normalized spacial score (nSPS) is 27.9. The van der Waals surface area contributed by atoms with E-state index in [1.54, 1.807) is 31.2 Å². The Bertz CT molecular complexity index is 1260. The van der Waals surface area contributed by atoms with E-state index in [1.165, 1.54) is 9.80 Å². The number of ether oxygens (including phenoxy) is 2. The number of aliphatic hydroxyl groups is 1. The number of aryl methyl sites for hydroxylation is 1. The van der Waals surface area contributed by atoms with Crippen LogP contribution in [0.2, 0.25) is 5.02 Å². The summed E-state index contributed by atoms with van der Waals surface area (Å²) in [6.45, 7) is 11.1. The molecular formula is C31H39BrClN3O7. The molecule has 234 valence electrons. The molecule has 0 aromatic heterocycles. The SMILES string of the molecule is C=CCCC(=O)NC[C@H](C)OC(=O)[C@@H]1[C@H]2O[C@@]3(CC2Br)[C@H](C(=O)N(CC=C)c2c(C)cccc2Cl)N(CCCO)C(=O)[C@@H]13. The number of fused-ring (bicyclic) bond motifs is 1. The van der Waals surface area contributed by atoms with Gasteiger partial charge in [-0.25, -0.2) is 0 Å². The second-order valence-corrected chi connectivity index (χ2v) is 12.9. The van der Waals surface area contributed by atoms with Crippen molar-refractivity contribution in [2.75, 3.05) is 31.1 Å². The zero-order chi connectivity index (χ0) is 31.5. The van der Waals surface area contributed by atoms with Gasteiger partial charge < -0.3 is 29.7 Å². The monoisotopic (exact) mass is 679 g/mol. The molecule has 0 radical (unpaired) electrons. The van der Waals surface area contributed by atoms with Crippen LogP contribution in [0.4, 0.5) is 5.69 Å². The van der Waals surface area contributed by atoms with Crippen LogP contribution < -0.4 is 10.2 Å². The maximum Gasteiger partial charge on any atom is 0.312 e. The molecule has 10 nitrogen and oxygen atoms in total. The van der Waals surface area contributed by atoms with Crippen molar-refractivity contribution in [3.05, 3.63) is 54.1 Å². The lowest BCUT2D eigenvalue weighted by Gasteiger charge is -2.37. The number of carbonyl (C=O) groups excluding carboxylic acids is 4. The Labute approximate surface area is 265 Å². The third kappa shape index (κ3) is 6.27. The van der Waals surface area contributed by atoms with E-state index >= 15 is 0 Å². The minimum Gasteiger partial charge on any atom is -0.460 e. The van der Waals surface area contributed by atoms with Crippen LogP contribution >= 0.6 is 27.5 Å². The standard InChI is InChI=1S/C31H39BrClN3O7/c1-5-7-12-22(38)34-17-19(4)42-30(41)23-24-28(39)36(14-9-15-37)27(31(24)16-20(32)26(23)43-31)29(40)35(13-6-2)25-18(3)10-8-11-21(25)33/h5-6,8,10-11,19-20,23-24,26-27,37H,1-2,7,9,12-17H2,3-4H3,(H,34,38)/t19-,20?,23-,24+,26-,27-,31+/m0/s1. The Kier molecular flexibility index (Phi) is 10.7. The number of esters is 1. The number of nitrogens with zero attached hydrogens (tertiary/aromatic N) is 2. The summed E-state index contributed by atoms with van der Waals surface area (Å²) < 4.78 is 12.3. The molecule has 4 rings (SSSR count). The summed E-state index contributed by atoms with van der Waals surface area (Å²) in [6.07, 6.45) is 3.26. The van der Waals surface area contributed by atoms with Gasteiger partial charge in [0.05, 0.1) is 35.2 Å². The summed E-state index contributed by atoms with van der Waals surface area (Å²) in [7, 11) is 0. The van der Waals surface area contributed by atoms with E-state index in [-0.39, 0.29) is 49.8 Å². The van der Waals surface area contributed by atoms with E-state index in [0.717, 1.165) is 5.56 Å². The first-order valence-electron chi connectivity index (χ1n) is 14.5. The average molecular weight is 681 g/mol. The van der Waals surface area contributed by atoms with E-state index in [0.29, 0.717) is 23.6 Å². The van der Waals surface area contributed by atoms with Gasteiger partial charge in [-0.1, -0.05) is 51.8 Å². The van der Waals surface area contributed by atoms with Gasteiger partial charge in [0.2, 0.25) is 11.8 Å². The molecule has 7 atom stereocenters. The lowest BCUT2D eigenvalue weighted by Crippen LogP contribution is -2.57. The van der Waals surface area contributed by atoms with Crippen LogP contribution in [0.5, 0.6) is 0 Å². The van der Waals surface area contributed by atoms with Crippen molar-refractivity contribution in [1.29, 1.82) is 0 Å². The van der Waals surface area contributed by atoms with Gasteiger partial charge in [0.1, 0.15) is 17.7 Å². The number of likely N-dealkylation sites (tertiary alicyclic amines) is 1. The molecule has 43 heavy (non-hydrogen) atoms. The molecular weight excluding hydrogens is 642 g/mol. The van der Waals surface area contributed by atoms with Gasteiger partial charge in [-0.15, -0.1) is 13.2 Å². The Morgan fingerprint density at radius 2 is 2.09 bits per heavy atom. The fraction of sp³-hybridized carbons (Fsp3) is 0.548. The number of rotatable bonds is 14. The lowest BCUT2D eigenvalue weighted by molar-refractivity contribution is -0.159. The Morgan fingerprint density at radius 3 is 2.74 bits per heavy atom. The molecule has 3 aliphatic heterocycles. The predicted molar refractivity (Wildman–Crippen MR) is 166 cm³/mol. The van der Waals surface area contributed by atoms with Crippen molar-refractivity contribution >= 4 is 56.9 Å². The molecule has 1 aromatic rings. The van der Waals surface area contributed by atoms with E-state index in [1.807, 2.05) is 13.0 Å². The zero-order valence-corrected chi connectivity index (χ0v) is 26.8. The summed E-state index contributed by atoms with van der Waals surface area (Å²) in [5.74, 6) is -3.53. The molecule has 1 spiro atoms. The number of amides is 3. The van der Waals surface area contributed by atoms with Gasteiger partial charge in [0, 0.05) is 30.9 Å². The number of aliphatic hydroxyl groups excluding tert-OH is 1. The van der Waals surface area contributed by atoms with Crippen molar-refractivity contribution < 1.29 is 33.8 Å². The van der Waals surface area contributed by atoms with Gasteiger partial charge in [0.15, 0.2) is 0 Å². The quantitative estimate of drug-likeness (QED) is 0.176. The third-order valence-corrected chi connectivity index (χ3v) is 9.52. The number of carbonyl (C=O) groups is 4. The smallest absolute Gasteiger partial charge is 0.312 e. The number of allylic oxidation sites excluding steroid dienone is 1. The second kappa shape index (κ2) is 13.9. The van der Waals surface area contributed by atoms with Crippen LogP contribution in [-0.2, 0) is 28.7 Å². The molecule has 0 saturated carbocycles.